The summed E-state index contributed by atoms with van der Waals surface area (Å²) in [6.45, 7) is 1.72. The largest absolute Gasteiger partial charge is 0.507 e. The van der Waals surface area contributed by atoms with Gasteiger partial charge < -0.3 is 9.84 Å². The molecule has 9 heteroatoms. The minimum atomic E-state index is -0.806. The Morgan fingerprint density at radius 3 is 2.46 bits per heavy atom. The van der Waals surface area contributed by atoms with Crippen molar-refractivity contribution in [1.29, 1.82) is 0 Å². The number of phenols is 1. The van der Waals surface area contributed by atoms with Gasteiger partial charge in [0.25, 0.3) is 11.5 Å². The number of amides is 1. The second-order valence-electron chi connectivity index (χ2n) is 5.76. The van der Waals surface area contributed by atoms with Crippen LogP contribution in [0.2, 0.25) is 0 Å². The minimum Gasteiger partial charge on any atom is -0.507 e. The Kier molecular flexibility index (Phi) is 5.28. The fraction of sp³-hybridized carbons (Fsp3) is 0.105. The summed E-state index contributed by atoms with van der Waals surface area (Å²) < 4.78 is 6.36. The SMILES string of the molecule is CCOC(=O)c1c(-c2ccccc2O)n(-c2ccc(C(=O)NN)cc2)[nH]c1=O. The third kappa shape index (κ3) is 3.38. The zero-order valence-electron chi connectivity index (χ0n) is 14.9. The Morgan fingerprint density at radius 2 is 1.86 bits per heavy atom. The average molecular weight is 382 g/mol. The molecule has 0 saturated carbocycles. The number of aromatic nitrogens is 2. The van der Waals surface area contributed by atoms with Gasteiger partial charge in [-0.1, -0.05) is 12.1 Å². The number of H-pyrrole nitrogens is 1. The first-order valence-corrected chi connectivity index (χ1v) is 8.39. The average Bonchev–Trinajstić information content (AvgIpc) is 3.05. The van der Waals surface area contributed by atoms with E-state index in [2.05, 4.69) is 5.10 Å². The molecule has 5 N–H and O–H groups in total. The third-order valence-corrected chi connectivity index (χ3v) is 4.06. The molecule has 0 aliphatic heterocycles. The van der Waals surface area contributed by atoms with Crippen molar-refractivity contribution in [3.05, 3.63) is 70.0 Å². The Bertz CT molecular complexity index is 1080. The summed E-state index contributed by atoms with van der Waals surface area (Å²) in [5, 5.41) is 12.9. The molecule has 3 aromatic rings. The van der Waals surface area contributed by atoms with E-state index < -0.39 is 17.4 Å². The van der Waals surface area contributed by atoms with Crippen molar-refractivity contribution >= 4 is 11.9 Å². The molecule has 28 heavy (non-hydrogen) atoms. The summed E-state index contributed by atoms with van der Waals surface area (Å²) in [7, 11) is 0. The van der Waals surface area contributed by atoms with Crippen molar-refractivity contribution in [3.63, 3.8) is 0 Å². The molecule has 0 radical (unpaired) electrons. The second kappa shape index (κ2) is 7.80. The lowest BCUT2D eigenvalue weighted by molar-refractivity contribution is 0.0525. The van der Waals surface area contributed by atoms with Gasteiger partial charge in [-0.25, -0.2) is 10.6 Å². The number of para-hydroxylation sites is 1. The van der Waals surface area contributed by atoms with E-state index in [9.17, 15) is 19.5 Å². The van der Waals surface area contributed by atoms with Gasteiger partial charge in [0.2, 0.25) is 0 Å². The van der Waals surface area contributed by atoms with Crippen molar-refractivity contribution in [2.75, 3.05) is 6.61 Å². The topological polar surface area (TPSA) is 139 Å². The Balaban J connectivity index is 2.23. The number of phenolic OH excluding ortho intramolecular Hbond substituents is 1. The summed E-state index contributed by atoms with van der Waals surface area (Å²) in [5.74, 6) is 3.74. The van der Waals surface area contributed by atoms with Crippen molar-refractivity contribution in [2.24, 2.45) is 5.84 Å². The molecule has 0 aliphatic carbocycles. The highest BCUT2D eigenvalue weighted by atomic mass is 16.5. The number of hydrogen-bond acceptors (Lipinski definition) is 6. The summed E-state index contributed by atoms with van der Waals surface area (Å²) in [6.07, 6.45) is 0. The maximum atomic E-state index is 12.5. The summed E-state index contributed by atoms with van der Waals surface area (Å²) in [5.41, 5.74) is 2.33. The number of hydrogen-bond donors (Lipinski definition) is 4. The van der Waals surface area contributed by atoms with Crippen LogP contribution in [0, 0.1) is 0 Å². The standard InChI is InChI=1S/C19H18N4O5/c1-2-28-19(27)15-16(13-5-3-4-6-14(13)24)23(22-18(15)26)12-9-7-11(8-10-12)17(25)21-20/h3-10,24H,2,20H2,1H3,(H,21,25)(H,22,26). The highest BCUT2D eigenvalue weighted by Gasteiger charge is 2.26. The van der Waals surface area contributed by atoms with Crippen LogP contribution in [0.4, 0.5) is 0 Å². The summed E-state index contributed by atoms with van der Waals surface area (Å²) in [4.78, 5) is 36.5. The molecule has 0 bridgehead atoms. The molecule has 0 spiro atoms. The van der Waals surface area contributed by atoms with E-state index in [0.717, 1.165) is 0 Å². The van der Waals surface area contributed by atoms with Crippen molar-refractivity contribution < 1.29 is 19.4 Å². The number of benzene rings is 2. The minimum absolute atomic E-state index is 0.0898. The number of nitrogens with two attached hydrogens (primary N) is 1. The lowest BCUT2D eigenvalue weighted by Gasteiger charge is -2.12. The zero-order valence-corrected chi connectivity index (χ0v) is 14.9. The number of aromatic amines is 1. The van der Waals surface area contributed by atoms with Crippen LogP contribution in [0.3, 0.4) is 0 Å². The smallest absolute Gasteiger partial charge is 0.346 e. The molecule has 1 aromatic heterocycles. The lowest BCUT2D eigenvalue weighted by atomic mass is 10.1. The predicted molar refractivity (Wildman–Crippen MR) is 101 cm³/mol. The number of nitrogen functional groups attached to an aromatic ring is 1. The molecule has 0 unspecified atom stereocenters. The molecule has 1 amide bonds. The Labute approximate surface area is 159 Å². The van der Waals surface area contributed by atoms with Crippen molar-refractivity contribution in [2.45, 2.75) is 6.92 Å². The molecule has 9 nitrogen and oxygen atoms in total. The lowest BCUT2D eigenvalue weighted by Crippen LogP contribution is -2.29. The number of carbonyl (C=O) groups excluding carboxylic acids is 2. The first-order valence-electron chi connectivity index (χ1n) is 8.39. The van der Waals surface area contributed by atoms with Gasteiger partial charge in [0.05, 0.1) is 18.0 Å². The fourth-order valence-electron chi connectivity index (χ4n) is 2.79. The monoisotopic (exact) mass is 382 g/mol. The summed E-state index contributed by atoms with van der Waals surface area (Å²) in [6, 6.07) is 12.5. The maximum absolute atomic E-state index is 12.5. The molecule has 2 aromatic carbocycles. The number of nitrogens with one attached hydrogen (secondary N) is 2. The van der Waals surface area contributed by atoms with E-state index in [4.69, 9.17) is 10.6 Å². The normalized spacial score (nSPS) is 10.5. The van der Waals surface area contributed by atoms with Crippen LogP contribution < -0.4 is 16.8 Å². The van der Waals surface area contributed by atoms with Crippen LogP contribution in [0.5, 0.6) is 5.75 Å². The van der Waals surface area contributed by atoms with E-state index in [0.29, 0.717) is 11.3 Å². The van der Waals surface area contributed by atoms with Crippen molar-refractivity contribution in [1.82, 2.24) is 15.2 Å². The molecule has 0 saturated heterocycles. The van der Waals surface area contributed by atoms with Gasteiger partial charge in [-0.2, -0.15) is 0 Å². The van der Waals surface area contributed by atoms with Crippen LogP contribution in [-0.2, 0) is 4.74 Å². The van der Waals surface area contributed by atoms with Gasteiger partial charge in [0.1, 0.15) is 5.75 Å². The molecular formula is C19H18N4O5. The highest BCUT2D eigenvalue weighted by molar-refractivity contribution is 5.97. The predicted octanol–water partition coefficient (Wildman–Crippen LogP) is 1.32. The number of hydrazine groups is 1. The molecule has 0 atom stereocenters. The second-order valence-corrected chi connectivity index (χ2v) is 5.76. The highest BCUT2D eigenvalue weighted by Crippen LogP contribution is 2.32. The maximum Gasteiger partial charge on any atom is 0.346 e. The zero-order chi connectivity index (χ0) is 20.3. The number of esters is 1. The summed E-state index contributed by atoms with van der Waals surface area (Å²) >= 11 is 0. The van der Waals surface area contributed by atoms with Crippen LogP contribution in [0.15, 0.2) is 53.3 Å². The Morgan fingerprint density at radius 1 is 1.18 bits per heavy atom. The molecule has 0 aliphatic rings. The number of carbonyl (C=O) groups is 2. The van der Waals surface area contributed by atoms with Gasteiger partial charge in [-0.3, -0.25) is 24.8 Å². The number of nitrogens with zero attached hydrogens (tertiary/aromatic N) is 1. The number of aromatic hydroxyl groups is 1. The molecule has 0 fully saturated rings. The van der Waals surface area contributed by atoms with E-state index in [1.165, 1.54) is 22.9 Å². The van der Waals surface area contributed by atoms with Crippen LogP contribution in [-0.4, -0.2) is 33.4 Å². The van der Waals surface area contributed by atoms with Gasteiger partial charge >= 0.3 is 5.97 Å². The van der Waals surface area contributed by atoms with E-state index in [1.54, 1.807) is 37.3 Å². The van der Waals surface area contributed by atoms with Gasteiger partial charge in [-0.15, -0.1) is 0 Å². The number of ether oxygens (including phenoxy) is 1. The van der Waals surface area contributed by atoms with Gasteiger partial charge in [-0.05, 0) is 43.3 Å². The first kappa shape index (κ1) is 18.9. The van der Waals surface area contributed by atoms with E-state index in [-0.39, 0.29) is 29.2 Å². The molecule has 144 valence electrons. The quantitative estimate of drug-likeness (QED) is 0.227. The third-order valence-electron chi connectivity index (χ3n) is 4.06. The number of rotatable bonds is 5. The first-order chi connectivity index (χ1) is 13.5. The van der Waals surface area contributed by atoms with Crippen molar-refractivity contribution in [3.8, 4) is 22.7 Å². The van der Waals surface area contributed by atoms with Crippen LogP contribution in [0.1, 0.15) is 27.6 Å². The Hall–Kier alpha value is -3.85. The van der Waals surface area contributed by atoms with E-state index in [1.807, 2.05) is 5.43 Å². The van der Waals surface area contributed by atoms with E-state index >= 15 is 0 Å². The van der Waals surface area contributed by atoms with Crippen LogP contribution >= 0.6 is 0 Å². The molecule has 3 rings (SSSR count). The molecule has 1 heterocycles. The van der Waals surface area contributed by atoms with Crippen LogP contribution in [0.25, 0.3) is 16.9 Å². The van der Waals surface area contributed by atoms with Gasteiger partial charge in [0, 0.05) is 11.1 Å². The molecular weight excluding hydrogens is 364 g/mol. The van der Waals surface area contributed by atoms with Gasteiger partial charge in [0.15, 0.2) is 5.56 Å². The fourth-order valence-corrected chi connectivity index (χ4v) is 2.79.